The van der Waals surface area contributed by atoms with Crippen LogP contribution in [0.5, 0.6) is 0 Å². The van der Waals surface area contributed by atoms with E-state index in [0.717, 1.165) is 13.2 Å². The van der Waals surface area contributed by atoms with Crippen LogP contribution in [0.1, 0.15) is 6.92 Å². The molecule has 0 aliphatic rings. The number of hydrogen-bond acceptors (Lipinski definition) is 1. The highest BCUT2D eigenvalue weighted by molar-refractivity contribution is 4.90. The molecule has 0 rings (SSSR count). The third-order valence-electron chi connectivity index (χ3n) is 0.944. The van der Waals surface area contributed by atoms with Crippen LogP contribution in [-0.4, -0.2) is 19.4 Å². The molecule has 1 nitrogen and oxygen atoms in total. The Kier molecular flexibility index (Phi) is 3.42. The Balaban J connectivity index is 4.07. The Hall–Kier alpha value is -0.510. The van der Waals surface area contributed by atoms with Gasteiger partial charge in [0.05, 0.1) is 0 Å². The zero-order valence-corrected chi connectivity index (χ0v) is 5.77. The van der Waals surface area contributed by atoms with E-state index in [0.29, 0.717) is 0 Å². The Labute approximate surface area is 57.5 Å². The lowest BCUT2D eigenvalue weighted by atomic mass is 10.3. The third kappa shape index (κ3) is 2.87. The molecule has 1 atom stereocenters. The predicted molar refractivity (Wildman–Crippen MR) is 31.7 cm³/mol. The molecule has 4 heteroatoms. The van der Waals surface area contributed by atoms with Gasteiger partial charge >= 0.3 is 6.18 Å². The van der Waals surface area contributed by atoms with Gasteiger partial charge in [0.1, 0.15) is 0 Å². The van der Waals surface area contributed by atoms with Gasteiger partial charge < -0.3 is 4.74 Å². The van der Waals surface area contributed by atoms with Crippen molar-refractivity contribution in [1.29, 1.82) is 0 Å². The fourth-order valence-electron chi connectivity index (χ4n) is 0.496. The smallest absolute Gasteiger partial charge is 0.368 e. The molecule has 0 aliphatic carbocycles. The lowest BCUT2D eigenvalue weighted by Crippen LogP contribution is -2.28. The second-order valence-electron chi connectivity index (χ2n) is 1.72. The highest BCUT2D eigenvalue weighted by Gasteiger charge is 2.37. The zero-order chi connectivity index (χ0) is 8.20. The van der Waals surface area contributed by atoms with E-state index < -0.39 is 12.3 Å². The van der Waals surface area contributed by atoms with E-state index in [1.54, 1.807) is 0 Å². The number of hydrogen-bond donors (Lipinski definition) is 0. The van der Waals surface area contributed by atoms with E-state index in [4.69, 9.17) is 0 Å². The monoisotopic (exact) mass is 154 g/mol. The van der Waals surface area contributed by atoms with Gasteiger partial charge in [-0.3, -0.25) is 0 Å². The largest absolute Gasteiger partial charge is 0.418 e. The Morgan fingerprint density at radius 3 is 2.00 bits per heavy atom. The van der Waals surface area contributed by atoms with Crippen LogP contribution < -0.4 is 0 Å². The van der Waals surface area contributed by atoms with E-state index in [9.17, 15) is 13.2 Å². The molecule has 0 spiro atoms. The fourth-order valence-corrected chi connectivity index (χ4v) is 0.496. The Morgan fingerprint density at radius 2 is 1.90 bits per heavy atom. The molecular formula is C6H9F3O. The molecular weight excluding hydrogens is 145 g/mol. The van der Waals surface area contributed by atoms with Crippen LogP contribution in [0.3, 0.4) is 0 Å². The maximum absolute atomic E-state index is 11.7. The minimum atomic E-state index is -4.29. The summed E-state index contributed by atoms with van der Waals surface area (Å²) >= 11 is 0. The minimum Gasteiger partial charge on any atom is -0.368 e. The van der Waals surface area contributed by atoms with Crippen molar-refractivity contribution >= 4 is 0 Å². The second kappa shape index (κ2) is 3.61. The van der Waals surface area contributed by atoms with Gasteiger partial charge in [-0.25, -0.2) is 0 Å². The normalized spacial score (nSPS) is 16.1. The lowest BCUT2D eigenvalue weighted by molar-refractivity contribution is -0.196. The average molecular weight is 154 g/mol. The molecule has 0 amide bonds. The number of methoxy groups -OCH3 is 1. The molecule has 0 saturated carbocycles. The number of allylic oxidation sites excluding steroid dienone is 1. The van der Waals surface area contributed by atoms with Crippen LogP contribution in [0.2, 0.25) is 0 Å². The summed E-state index contributed by atoms with van der Waals surface area (Å²) in [6.07, 6.45) is -3.79. The van der Waals surface area contributed by atoms with E-state index in [1.165, 1.54) is 13.0 Å². The predicted octanol–water partition coefficient (Wildman–Crippen LogP) is 2.14. The maximum atomic E-state index is 11.7. The summed E-state index contributed by atoms with van der Waals surface area (Å²) < 4.78 is 39.3. The molecule has 0 aliphatic heterocycles. The summed E-state index contributed by atoms with van der Waals surface area (Å²) in [4.78, 5) is 0. The molecule has 0 aromatic carbocycles. The van der Waals surface area contributed by atoms with Crippen molar-refractivity contribution in [2.75, 3.05) is 7.11 Å². The van der Waals surface area contributed by atoms with Crippen molar-refractivity contribution in [3.05, 3.63) is 12.2 Å². The number of ether oxygens (including phenoxy) is 1. The van der Waals surface area contributed by atoms with E-state index in [2.05, 4.69) is 4.74 Å². The van der Waals surface area contributed by atoms with Crippen molar-refractivity contribution in [3.8, 4) is 0 Å². The first-order valence-corrected chi connectivity index (χ1v) is 2.74. The van der Waals surface area contributed by atoms with Gasteiger partial charge in [-0.05, 0) is 6.92 Å². The summed E-state index contributed by atoms with van der Waals surface area (Å²) in [6.45, 7) is 1.51. The third-order valence-corrected chi connectivity index (χ3v) is 0.944. The summed E-state index contributed by atoms with van der Waals surface area (Å²) in [5, 5.41) is 0. The van der Waals surface area contributed by atoms with Crippen molar-refractivity contribution < 1.29 is 17.9 Å². The van der Waals surface area contributed by atoms with Gasteiger partial charge in [-0.2, -0.15) is 13.2 Å². The second-order valence-corrected chi connectivity index (χ2v) is 1.72. The molecule has 0 saturated heterocycles. The average Bonchev–Trinajstić information content (AvgIpc) is 1.80. The molecule has 0 bridgehead atoms. The van der Waals surface area contributed by atoms with Crippen molar-refractivity contribution in [3.63, 3.8) is 0 Å². The molecule has 0 fully saturated rings. The van der Waals surface area contributed by atoms with Crippen LogP contribution >= 0.6 is 0 Å². The van der Waals surface area contributed by atoms with E-state index >= 15 is 0 Å². The lowest BCUT2D eigenvalue weighted by Gasteiger charge is -2.13. The van der Waals surface area contributed by atoms with E-state index in [1.807, 2.05) is 0 Å². The maximum Gasteiger partial charge on any atom is 0.418 e. The summed E-state index contributed by atoms with van der Waals surface area (Å²) in [7, 11) is 1.03. The summed E-state index contributed by atoms with van der Waals surface area (Å²) in [5.74, 6) is 0. The molecule has 60 valence electrons. The van der Waals surface area contributed by atoms with Crippen LogP contribution in [0.25, 0.3) is 0 Å². The molecule has 0 radical (unpaired) electrons. The van der Waals surface area contributed by atoms with Gasteiger partial charge in [-0.15, -0.1) is 0 Å². The first-order valence-electron chi connectivity index (χ1n) is 2.74. The van der Waals surface area contributed by atoms with Gasteiger partial charge in [0, 0.05) is 7.11 Å². The van der Waals surface area contributed by atoms with Crippen molar-refractivity contribution in [2.45, 2.75) is 19.2 Å². The van der Waals surface area contributed by atoms with Gasteiger partial charge in [0.25, 0.3) is 0 Å². The zero-order valence-electron chi connectivity index (χ0n) is 5.77. The van der Waals surface area contributed by atoms with Crippen LogP contribution in [0.15, 0.2) is 12.2 Å². The van der Waals surface area contributed by atoms with Crippen molar-refractivity contribution in [1.82, 2.24) is 0 Å². The van der Waals surface area contributed by atoms with Gasteiger partial charge in [0.15, 0.2) is 6.10 Å². The molecule has 0 N–H and O–H groups in total. The SMILES string of the molecule is C/C=C\C(OC)C(F)(F)F. The quantitative estimate of drug-likeness (QED) is 0.553. The van der Waals surface area contributed by atoms with Gasteiger partial charge in [-0.1, -0.05) is 12.2 Å². The fraction of sp³-hybridized carbons (Fsp3) is 0.667. The summed E-state index contributed by atoms with van der Waals surface area (Å²) in [5.41, 5.74) is 0. The Bertz CT molecular complexity index is 117. The Morgan fingerprint density at radius 1 is 1.40 bits per heavy atom. The summed E-state index contributed by atoms with van der Waals surface area (Å²) in [6, 6.07) is 0. The number of halogens is 3. The minimum absolute atomic E-state index is 0.958. The molecule has 0 heterocycles. The molecule has 0 aromatic rings. The molecule has 0 aromatic heterocycles. The highest BCUT2D eigenvalue weighted by atomic mass is 19.4. The molecule has 10 heavy (non-hydrogen) atoms. The van der Waals surface area contributed by atoms with Crippen LogP contribution in [-0.2, 0) is 4.74 Å². The molecule has 1 unspecified atom stereocenters. The standard InChI is InChI=1S/C6H9F3O/c1-3-4-5(10-2)6(7,8)9/h3-5H,1-2H3/b4-3-. The number of alkyl halides is 3. The van der Waals surface area contributed by atoms with Crippen LogP contribution in [0.4, 0.5) is 13.2 Å². The first-order chi connectivity index (χ1) is 4.52. The van der Waals surface area contributed by atoms with Crippen molar-refractivity contribution in [2.24, 2.45) is 0 Å². The first kappa shape index (κ1) is 9.49. The topological polar surface area (TPSA) is 9.23 Å². The van der Waals surface area contributed by atoms with E-state index in [-0.39, 0.29) is 0 Å². The number of rotatable bonds is 2. The van der Waals surface area contributed by atoms with Crippen LogP contribution in [0, 0.1) is 0 Å². The van der Waals surface area contributed by atoms with Gasteiger partial charge in [0.2, 0.25) is 0 Å². The highest BCUT2D eigenvalue weighted by Crippen LogP contribution is 2.22.